The second-order valence-corrected chi connectivity index (χ2v) is 7.13. The second kappa shape index (κ2) is 4.97. The fourth-order valence-electron chi connectivity index (χ4n) is 1.98. The quantitative estimate of drug-likeness (QED) is 0.860. The van der Waals surface area contributed by atoms with E-state index in [1.54, 1.807) is 6.07 Å². The van der Waals surface area contributed by atoms with Gasteiger partial charge in [-0.3, -0.25) is 4.79 Å². The summed E-state index contributed by atoms with van der Waals surface area (Å²) >= 11 is 7.89. The van der Waals surface area contributed by atoms with E-state index in [9.17, 15) is 4.79 Å². The van der Waals surface area contributed by atoms with Crippen LogP contribution in [0.15, 0.2) is 12.3 Å². The van der Waals surface area contributed by atoms with Crippen LogP contribution in [0.5, 0.6) is 0 Å². The van der Waals surface area contributed by atoms with E-state index >= 15 is 0 Å². The number of aromatic nitrogens is 1. The molecule has 0 atom stereocenters. The SMILES string of the molecule is CC1(C)CN(C(=O)c2cc(N)ncc2Cl)CCS1. The number of hydrogen-bond acceptors (Lipinski definition) is 4. The van der Waals surface area contributed by atoms with Crippen LogP contribution < -0.4 is 5.73 Å². The summed E-state index contributed by atoms with van der Waals surface area (Å²) in [7, 11) is 0. The number of hydrogen-bond donors (Lipinski definition) is 1. The zero-order valence-electron chi connectivity index (χ0n) is 10.4. The molecule has 1 aliphatic rings. The molecule has 1 amide bonds. The topological polar surface area (TPSA) is 59.2 Å². The van der Waals surface area contributed by atoms with Crippen LogP contribution >= 0.6 is 23.4 Å². The number of carbonyl (C=O) groups is 1. The Labute approximate surface area is 116 Å². The predicted molar refractivity (Wildman–Crippen MR) is 76.1 cm³/mol. The first-order chi connectivity index (χ1) is 8.39. The molecule has 1 aromatic rings. The average Bonchev–Trinajstić information content (AvgIpc) is 2.30. The molecule has 0 spiro atoms. The summed E-state index contributed by atoms with van der Waals surface area (Å²) in [5, 5.41) is 0.352. The summed E-state index contributed by atoms with van der Waals surface area (Å²) in [4.78, 5) is 18.1. The zero-order valence-corrected chi connectivity index (χ0v) is 12.0. The normalized spacial score (nSPS) is 18.7. The van der Waals surface area contributed by atoms with Crippen molar-refractivity contribution in [2.24, 2.45) is 0 Å². The molecule has 98 valence electrons. The smallest absolute Gasteiger partial charge is 0.255 e. The summed E-state index contributed by atoms with van der Waals surface area (Å²) in [6.45, 7) is 5.74. The van der Waals surface area contributed by atoms with Gasteiger partial charge in [0.1, 0.15) is 5.82 Å². The highest BCUT2D eigenvalue weighted by molar-refractivity contribution is 8.00. The Bertz CT molecular complexity index is 478. The maximum Gasteiger partial charge on any atom is 0.255 e. The Morgan fingerprint density at radius 3 is 3.00 bits per heavy atom. The molecule has 4 nitrogen and oxygen atoms in total. The number of halogens is 1. The Hall–Kier alpha value is -0.940. The van der Waals surface area contributed by atoms with Gasteiger partial charge in [0.25, 0.3) is 5.91 Å². The van der Waals surface area contributed by atoms with E-state index in [4.69, 9.17) is 17.3 Å². The van der Waals surface area contributed by atoms with Crippen LogP contribution in [0.2, 0.25) is 5.02 Å². The van der Waals surface area contributed by atoms with Gasteiger partial charge in [0.15, 0.2) is 0 Å². The lowest BCUT2D eigenvalue weighted by Crippen LogP contribution is -2.46. The highest BCUT2D eigenvalue weighted by atomic mass is 35.5. The van der Waals surface area contributed by atoms with Gasteiger partial charge < -0.3 is 10.6 Å². The molecule has 0 saturated carbocycles. The molecule has 0 unspecified atom stereocenters. The second-order valence-electron chi connectivity index (χ2n) is 4.92. The van der Waals surface area contributed by atoms with Crippen molar-refractivity contribution in [3.63, 3.8) is 0 Å². The van der Waals surface area contributed by atoms with Crippen molar-refractivity contribution >= 4 is 35.1 Å². The van der Waals surface area contributed by atoms with E-state index in [-0.39, 0.29) is 10.7 Å². The van der Waals surface area contributed by atoms with Gasteiger partial charge >= 0.3 is 0 Å². The molecular formula is C12H16ClN3OS. The minimum atomic E-state index is -0.0672. The highest BCUT2D eigenvalue weighted by Crippen LogP contribution is 2.31. The van der Waals surface area contributed by atoms with Crippen LogP contribution in [0.1, 0.15) is 24.2 Å². The van der Waals surface area contributed by atoms with Gasteiger partial charge in [-0.2, -0.15) is 11.8 Å². The maximum atomic E-state index is 12.4. The number of pyridine rings is 1. The first kappa shape index (κ1) is 13.5. The summed E-state index contributed by atoms with van der Waals surface area (Å²) in [6, 6.07) is 1.54. The van der Waals surface area contributed by atoms with E-state index in [1.807, 2.05) is 16.7 Å². The van der Waals surface area contributed by atoms with Crippen LogP contribution in [0.3, 0.4) is 0 Å². The summed E-state index contributed by atoms with van der Waals surface area (Å²) < 4.78 is 0.0823. The minimum Gasteiger partial charge on any atom is -0.384 e. The first-order valence-electron chi connectivity index (χ1n) is 5.73. The van der Waals surface area contributed by atoms with Gasteiger partial charge in [0.05, 0.1) is 10.6 Å². The third-order valence-corrected chi connectivity index (χ3v) is 4.42. The summed E-state index contributed by atoms with van der Waals surface area (Å²) in [5.74, 6) is 1.19. The number of amides is 1. The van der Waals surface area contributed by atoms with Crippen molar-refractivity contribution in [3.05, 3.63) is 22.8 Å². The van der Waals surface area contributed by atoms with Crippen molar-refractivity contribution in [2.75, 3.05) is 24.6 Å². The first-order valence-corrected chi connectivity index (χ1v) is 7.10. The molecule has 1 aliphatic heterocycles. The fourth-order valence-corrected chi connectivity index (χ4v) is 3.27. The number of rotatable bonds is 1. The van der Waals surface area contributed by atoms with Crippen molar-refractivity contribution in [2.45, 2.75) is 18.6 Å². The molecule has 2 N–H and O–H groups in total. The molecule has 1 aromatic heterocycles. The number of nitrogens with zero attached hydrogens (tertiary/aromatic N) is 2. The third kappa shape index (κ3) is 2.90. The van der Waals surface area contributed by atoms with Crippen molar-refractivity contribution < 1.29 is 4.79 Å². The van der Waals surface area contributed by atoms with Crippen molar-refractivity contribution in [1.82, 2.24) is 9.88 Å². The molecule has 0 radical (unpaired) electrons. The molecule has 1 fully saturated rings. The van der Waals surface area contributed by atoms with Gasteiger partial charge in [0.2, 0.25) is 0 Å². The van der Waals surface area contributed by atoms with Crippen LogP contribution in [-0.2, 0) is 0 Å². The van der Waals surface area contributed by atoms with E-state index in [0.29, 0.717) is 16.4 Å². The number of anilines is 1. The monoisotopic (exact) mass is 285 g/mol. The van der Waals surface area contributed by atoms with E-state index < -0.39 is 0 Å². The maximum absolute atomic E-state index is 12.4. The van der Waals surface area contributed by atoms with E-state index in [0.717, 1.165) is 18.8 Å². The van der Waals surface area contributed by atoms with Crippen LogP contribution in [-0.4, -0.2) is 39.4 Å². The predicted octanol–water partition coefficient (Wildman–Crippen LogP) is 2.28. The lowest BCUT2D eigenvalue weighted by molar-refractivity contribution is 0.0748. The van der Waals surface area contributed by atoms with Crippen molar-refractivity contribution in [1.29, 1.82) is 0 Å². The Kier molecular flexibility index (Phi) is 3.73. The average molecular weight is 286 g/mol. The van der Waals surface area contributed by atoms with Crippen LogP contribution in [0.25, 0.3) is 0 Å². The Morgan fingerprint density at radius 1 is 1.61 bits per heavy atom. The highest BCUT2D eigenvalue weighted by Gasteiger charge is 2.30. The number of thioether (sulfide) groups is 1. The molecule has 2 rings (SSSR count). The Morgan fingerprint density at radius 2 is 2.33 bits per heavy atom. The van der Waals surface area contributed by atoms with Gasteiger partial charge in [-0.1, -0.05) is 11.6 Å². The summed E-state index contributed by atoms with van der Waals surface area (Å²) in [6.07, 6.45) is 1.42. The molecule has 6 heteroatoms. The van der Waals surface area contributed by atoms with Gasteiger partial charge in [-0.15, -0.1) is 0 Å². The van der Waals surface area contributed by atoms with Gasteiger partial charge in [-0.05, 0) is 19.9 Å². The molecule has 1 saturated heterocycles. The molecule has 0 aliphatic carbocycles. The minimum absolute atomic E-state index is 0.0672. The molecule has 18 heavy (non-hydrogen) atoms. The van der Waals surface area contributed by atoms with E-state index in [1.165, 1.54) is 6.20 Å². The van der Waals surface area contributed by atoms with Crippen LogP contribution in [0, 0.1) is 0 Å². The van der Waals surface area contributed by atoms with Crippen molar-refractivity contribution in [3.8, 4) is 0 Å². The molecule has 0 bridgehead atoms. The molecule has 0 aromatic carbocycles. The number of carbonyl (C=O) groups excluding carboxylic acids is 1. The largest absolute Gasteiger partial charge is 0.384 e. The number of nitrogen functional groups attached to an aromatic ring is 1. The lowest BCUT2D eigenvalue weighted by atomic mass is 10.1. The zero-order chi connectivity index (χ0) is 13.3. The molecule has 2 heterocycles. The van der Waals surface area contributed by atoms with Gasteiger partial charge in [0, 0.05) is 29.8 Å². The van der Waals surface area contributed by atoms with Gasteiger partial charge in [-0.25, -0.2) is 4.98 Å². The third-order valence-electron chi connectivity index (χ3n) is 2.82. The Balaban J connectivity index is 2.23. The number of nitrogens with two attached hydrogens (primary N) is 1. The molecular weight excluding hydrogens is 270 g/mol. The standard InChI is InChI=1S/C12H16ClN3OS/c1-12(2)7-16(3-4-18-12)11(17)8-5-10(14)15-6-9(8)13/h5-6H,3-4,7H2,1-2H3,(H2,14,15). The summed E-state index contributed by atoms with van der Waals surface area (Å²) in [5.41, 5.74) is 6.04. The fraction of sp³-hybridized carbons (Fsp3) is 0.500. The van der Waals surface area contributed by atoms with Crippen LogP contribution in [0.4, 0.5) is 5.82 Å². The van der Waals surface area contributed by atoms with E-state index in [2.05, 4.69) is 18.8 Å². The lowest BCUT2D eigenvalue weighted by Gasteiger charge is -2.37.